The van der Waals surface area contributed by atoms with E-state index < -0.39 is 0 Å². The molecule has 0 unspecified atom stereocenters. The van der Waals surface area contributed by atoms with Crippen molar-refractivity contribution < 1.29 is 0 Å². The van der Waals surface area contributed by atoms with E-state index in [0.29, 0.717) is 0 Å². The molecule has 0 saturated heterocycles. The smallest absolute Gasteiger partial charge is 0.0521 e. The van der Waals surface area contributed by atoms with Crippen molar-refractivity contribution in [3.63, 3.8) is 0 Å². The highest BCUT2D eigenvalue weighted by molar-refractivity contribution is 8.02. The lowest BCUT2D eigenvalue weighted by atomic mass is 10.1. The molecule has 0 atom stereocenters. The molecule has 5 heteroatoms. The van der Waals surface area contributed by atoms with Crippen LogP contribution in [0, 0.1) is 0 Å². The molecule has 1 heterocycles. The van der Waals surface area contributed by atoms with Crippen molar-refractivity contribution >= 4 is 23.1 Å². The molecule has 5 N–H and O–H groups in total. The van der Waals surface area contributed by atoms with Gasteiger partial charge in [0.2, 0.25) is 0 Å². The van der Waals surface area contributed by atoms with E-state index in [4.69, 9.17) is 11.5 Å². The second kappa shape index (κ2) is 10.4. The van der Waals surface area contributed by atoms with Crippen LogP contribution < -0.4 is 16.8 Å². The first kappa shape index (κ1) is 18.7. The molecule has 0 aliphatic heterocycles. The van der Waals surface area contributed by atoms with Crippen molar-refractivity contribution in [2.24, 2.45) is 11.5 Å². The average molecular weight is 338 g/mol. The van der Waals surface area contributed by atoms with Gasteiger partial charge in [0, 0.05) is 23.3 Å². The SMILES string of the molecule is CCCC/C(SC)=C(C)/C(N)=C/C(=C\N)NCc1cccs1. The molecular formula is C17H27N3S2. The summed E-state index contributed by atoms with van der Waals surface area (Å²) >= 11 is 3.50. The van der Waals surface area contributed by atoms with Gasteiger partial charge >= 0.3 is 0 Å². The molecule has 0 aliphatic rings. The van der Waals surface area contributed by atoms with Crippen LogP contribution in [-0.4, -0.2) is 6.26 Å². The molecule has 0 radical (unpaired) electrons. The average Bonchev–Trinajstić information content (AvgIpc) is 3.05. The van der Waals surface area contributed by atoms with Crippen LogP contribution >= 0.6 is 23.1 Å². The zero-order valence-corrected chi connectivity index (χ0v) is 15.3. The van der Waals surface area contributed by atoms with Crippen LogP contribution in [0.3, 0.4) is 0 Å². The van der Waals surface area contributed by atoms with Crippen molar-refractivity contribution in [3.05, 3.63) is 56.5 Å². The number of rotatable bonds is 9. The Balaban J connectivity index is 2.75. The third kappa shape index (κ3) is 6.20. The highest BCUT2D eigenvalue weighted by atomic mass is 32.2. The maximum atomic E-state index is 6.25. The molecule has 1 aromatic heterocycles. The van der Waals surface area contributed by atoms with Crippen molar-refractivity contribution in [1.82, 2.24) is 5.32 Å². The van der Waals surface area contributed by atoms with Gasteiger partial charge in [-0.15, -0.1) is 23.1 Å². The topological polar surface area (TPSA) is 64.1 Å². The van der Waals surface area contributed by atoms with E-state index in [1.54, 1.807) is 29.3 Å². The fourth-order valence-corrected chi connectivity index (χ4v) is 3.39. The van der Waals surface area contributed by atoms with E-state index in [9.17, 15) is 0 Å². The molecule has 122 valence electrons. The number of thioether (sulfide) groups is 1. The number of hydrogen-bond donors (Lipinski definition) is 3. The third-order valence-electron chi connectivity index (χ3n) is 3.39. The van der Waals surface area contributed by atoms with E-state index in [1.165, 1.54) is 22.6 Å². The van der Waals surface area contributed by atoms with Gasteiger partial charge in [0.05, 0.1) is 5.70 Å². The van der Waals surface area contributed by atoms with Crippen LogP contribution in [0.2, 0.25) is 0 Å². The molecule has 0 fully saturated rings. The van der Waals surface area contributed by atoms with Crippen LogP contribution in [0.5, 0.6) is 0 Å². The van der Waals surface area contributed by atoms with Gasteiger partial charge in [0.25, 0.3) is 0 Å². The fraction of sp³-hybridized carbons (Fsp3) is 0.412. The van der Waals surface area contributed by atoms with Gasteiger partial charge in [-0.1, -0.05) is 19.4 Å². The Morgan fingerprint density at radius 1 is 1.45 bits per heavy atom. The van der Waals surface area contributed by atoms with E-state index in [1.807, 2.05) is 12.1 Å². The number of hydrogen-bond acceptors (Lipinski definition) is 5. The first-order chi connectivity index (χ1) is 10.6. The quantitative estimate of drug-likeness (QED) is 0.588. The molecule has 0 aromatic carbocycles. The van der Waals surface area contributed by atoms with Crippen LogP contribution in [0.4, 0.5) is 0 Å². The lowest BCUT2D eigenvalue weighted by Crippen LogP contribution is -2.14. The second-order valence-electron chi connectivity index (χ2n) is 5.01. The number of allylic oxidation sites excluding steroid dienone is 3. The van der Waals surface area contributed by atoms with Crippen molar-refractivity contribution in [1.29, 1.82) is 0 Å². The van der Waals surface area contributed by atoms with Gasteiger partial charge in [-0.25, -0.2) is 0 Å². The highest BCUT2D eigenvalue weighted by Gasteiger charge is 2.05. The molecule has 0 amide bonds. The Morgan fingerprint density at radius 2 is 2.23 bits per heavy atom. The summed E-state index contributed by atoms with van der Waals surface area (Å²) in [6.07, 6.45) is 9.07. The van der Waals surface area contributed by atoms with Gasteiger partial charge in [-0.05, 0) is 54.0 Å². The van der Waals surface area contributed by atoms with E-state index in [2.05, 4.69) is 36.9 Å². The molecule has 3 nitrogen and oxygen atoms in total. The summed E-state index contributed by atoms with van der Waals surface area (Å²) < 4.78 is 0. The Hall–Kier alpha value is -1.33. The molecule has 0 bridgehead atoms. The van der Waals surface area contributed by atoms with Crippen molar-refractivity contribution in [2.75, 3.05) is 6.26 Å². The summed E-state index contributed by atoms with van der Waals surface area (Å²) in [5.74, 6) is 0. The second-order valence-corrected chi connectivity index (χ2v) is 6.94. The summed E-state index contributed by atoms with van der Waals surface area (Å²) in [6.45, 7) is 5.05. The van der Waals surface area contributed by atoms with Crippen molar-refractivity contribution in [3.8, 4) is 0 Å². The lowest BCUT2D eigenvalue weighted by Gasteiger charge is -2.12. The summed E-state index contributed by atoms with van der Waals surface area (Å²) in [6, 6.07) is 4.14. The zero-order valence-electron chi connectivity index (χ0n) is 13.7. The van der Waals surface area contributed by atoms with Gasteiger partial charge in [0.1, 0.15) is 0 Å². The van der Waals surface area contributed by atoms with Gasteiger partial charge in [0.15, 0.2) is 0 Å². The largest absolute Gasteiger partial charge is 0.403 e. The van der Waals surface area contributed by atoms with Crippen molar-refractivity contribution in [2.45, 2.75) is 39.7 Å². The maximum absolute atomic E-state index is 6.25. The van der Waals surface area contributed by atoms with Gasteiger partial charge in [-0.3, -0.25) is 0 Å². The Labute approximate surface area is 142 Å². The number of unbranched alkanes of at least 4 members (excludes halogenated alkanes) is 1. The first-order valence-electron chi connectivity index (χ1n) is 7.51. The predicted octanol–water partition coefficient (Wildman–Crippen LogP) is 4.31. The minimum absolute atomic E-state index is 0.762. The minimum Gasteiger partial charge on any atom is -0.403 e. The van der Waals surface area contributed by atoms with E-state index >= 15 is 0 Å². The Kier molecular flexibility index (Phi) is 8.85. The molecule has 0 saturated carbocycles. The summed E-state index contributed by atoms with van der Waals surface area (Å²) in [4.78, 5) is 2.62. The highest BCUT2D eigenvalue weighted by Crippen LogP contribution is 2.25. The molecular weight excluding hydrogens is 310 g/mol. The van der Waals surface area contributed by atoms with Crippen LogP contribution in [0.15, 0.2) is 51.7 Å². The standard InChI is InChI=1S/C17H27N3S2/c1-4-5-8-17(21-3)13(2)16(19)10-14(11-18)20-12-15-7-6-9-22-15/h6-7,9-11,20H,4-5,8,12,18-19H2,1-3H3/b14-11+,16-10-,17-13-. The van der Waals surface area contributed by atoms with Crippen LogP contribution in [0.25, 0.3) is 0 Å². The number of nitrogens with two attached hydrogens (primary N) is 2. The molecule has 22 heavy (non-hydrogen) atoms. The molecule has 1 aromatic rings. The summed E-state index contributed by atoms with van der Waals surface area (Å²) in [5, 5.41) is 5.39. The lowest BCUT2D eigenvalue weighted by molar-refractivity contribution is 0.804. The van der Waals surface area contributed by atoms with E-state index in [-0.39, 0.29) is 0 Å². The maximum Gasteiger partial charge on any atom is 0.0521 e. The Morgan fingerprint density at radius 3 is 2.77 bits per heavy atom. The first-order valence-corrected chi connectivity index (χ1v) is 9.62. The third-order valence-corrected chi connectivity index (χ3v) is 5.27. The van der Waals surface area contributed by atoms with Gasteiger partial charge in [-0.2, -0.15) is 0 Å². The molecule has 0 spiro atoms. The minimum atomic E-state index is 0.762. The monoisotopic (exact) mass is 337 g/mol. The molecule has 0 aliphatic carbocycles. The van der Waals surface area contributed by atoms with Gasteiger partial charge < -0.3 is 16.8 Å². The fourth-order valence-electron chi connectivity index (χ4n) is 1.98. The van der Waals surface area contributed by atoms with Crippen LogP contribution in [-0.2, 0) is 6.54 Å². The molecule has 1 rings (SSSR count). The van der Waals surface area contributed by atoms with Crippen LogP contribution in [0.1, 0.15) is 38.0 Å². The summed E-state index contributed by atoms with van der Waals surface area (Å²) in [7, 11) is 0. The number of nitrogens with one attached hydrogen (secondary N) is 1. The van der Waals surface area contributed by atoms with E-state index in [0.717, 1.165) is 29.9 Å². The normalized spacial score (nSPS) is 14.0. The number of thiophene rings is 1. The summed E-state index contributed by atoms with van der Waals surface area (Å²) in [5.41, 5.74) is 14.7. The Bertz CT molecular complexity index is 528. The predicted molar refractivity (Wildman–Crippen MR) is 101 cm³/mol. The zero-order chi connectivity index (χ0) is 16.4.